The first-order chi connectivity index (χ1) is 28.2. The summed E-state index contributed by atoms with van der Waals surface area (Å²) in [6.07, 6.45) is 5.94. The van der Waals surface area contributed by atoms with Gasteiger partial charge in [-0.05, 0) is 125 Å². The van der Waals surface area contributed by atoms with E-state index in [1.165, 1.54) is 0 Å². The van der Waals surface area contributed by atoms with Gasteiger partial charge in [-0.1, -0.05) is 84.9 Å². The number of nitrogens with zero attached hydrogens (tertiary/aromatic N) is 5. The maximum atomic E-state index is 5.30. The van der Waals surface area contributed by atoms with E-state index in [2.05, 4.69) is 162 Å². The standard InChI is InChI=1S/C52H33N5/c1-2-15-46(16-3-1)57-51-21-11-10-20-50(51)56-52(57)42-29-38(27-41(30-42)45-24-36-14-6-9-19-49(36)55-33-45)37-25-39(43-22-34-12-4-7-17-47(34)53-31-43)28-40(26-37)44-23-35-13-5-8-18-48(35)54-32-44/h1-33H. The van der Waals surface area contributed by atoms with Crippen LogP contribution in [-0.4, -0.2) is 24.5 Å². The maximum Gasteiger partial charge on any atom is 0.145 e. The van der Waals surface area contributed by atoms with Crippen molar-refractivity contribution in [3.8, 4) is 61.6 Å². The third kappa shape index (κ3) is 5.99. The number of hydrogen-bond donors (Lipinski definition) is 0. The van der Waals surface area contributed by atoms with E-state index in [1.54, 1.807) is 0 Å². The molecule has 5 heteroatoms. The van der Waals surface area contributed by atoms with Crippen LogP contribution in [0.1, 0.15) is 0 Å². The second-order valence-electron chi connectivity index (χ2n) is 14.4. The van der Waals surface area contributed by atoms with E-state index in [9.17, 15) is 0 Å². The zero-order valence-electron chi connectivity index (χ0n) is 30.8. The van der Waals surface area contributed by atoms with Crippen LogP contribution in [0.5, 0.6) is 0 Å². The van der Waals surface area contributed by atoms with Crippen molar-refractivity contribution >= 4 is 43.7 Å². The molecular formula is C52H33N5. The highest BCUT2D eigenvalue weighted by molar-refractivity contribution is 5.92. The molecule has 0 aliphatic heterocycles. The van der Waals surface area contributed by atoms with E-state index in [-0.39, 0.29) is 0 Å². The van der Waals surface area contributed by atoms with Gasteiger partial charge in [-0.3, -0.25) is 19.5 Å². The summed E-state index contributed by atoms with van der Waals surface area (Å²) < 4.78 is 2.26. The number of imidazole rings is 1. The fraction of sp³-hybridized carbons (Fsp3) is 0. The molecule has 266 valence electrons. The minimum Gasteiger partial charge on any atom is -0.292 e. The molecule has 11 aromatic rings. The lowest BCUT2D eigenvalue weighted by atomic mass is 9.91. The molecule has 4 heterocycles. The molecule has 0 aliphatic carbocycles. The fourth-order valence-corrected chi connectivity index (χ4v) is 7.96. The van der Waals surface area contributed by atoms with Gasteiger partial charge in [0.1, 0.15) is 5.82 Å². The molecule has 5 nitrogen and oxygen atoms in total. The van der Waals surface area contributed by atoms with Gasteiger partial charge in [-0.15, -0.1) is 0 Å². The van der Waals surface area contributed by atoms with Crippen LogP contribution >= 0.6 is 0 Å². The highest BCUT2D eigenvalue weighted by atomic mass is 15.1. The van der Waals surface area contributed by atoms with Gasteiger partial charge >= 0.3 is 0 Å². The SMILES string of the molecule is c1ccc(-n2c(-c3cc(-c4cc(-c5cnc6ccccc6c5)cc(-c5cnc6ccccc6c5)c4)cc(-c4cnc5ccccc5c4)c3)nc3ccccc32)cc1. The molecule has 0 aliphatic rings. The first-order valence-electron chi connectivity index (χ1n) is 19.1. The maximum absolute atomic E-state index is 5.30. The molecule has 0 atom stereocenters. The van der Waals surface area contributed by atoms with E-state index >= 15 is 0 Å². The lowest BCUT2D eigenvalue weighted by molar-refractivity contribution is 1.10. The van der Waals surface area contributed by atoms with Gasteiger partial charge in [0.25, 0.3) is 0 Å². The zero-order valence-corrected chi connectivity index (χ0v) is 30.8. The molecule has 0 unspecified atom stereocenters. The van der Waals surface area contributed by atoms with E-state index in [1.807, 2.05) is 42.9 Å². The topological polar surface area (TPSA) is 56.5 Å². The van der Waals surface area contributed by atoms with E-state index in [4.69, 9.17) is 19.9 Å². The molecule has 11 rings (SSSR count). The number of aromatic nitrogens is 5. The third-order valence-electron chi connectivity index (χ3n) is 10.8. The Hall–Kier alpha value is -7.76. The summed E-state index contributed by atoms with van der Waals surface area (Å²) in [5.41, 5.74) is 15.4. The minimum atomic E-state index is 0.869. The van der Waals surface area contributed by atoms with Crippen molar-refractivity contribution in [2.75, 3.05) is 0 Å². The van der Waals surface area contributed by atoms with Gasteiger partial charge in [0.15, 0.2) is 0 Å². The normalized spacial score (nSPS) is 11.5. The molecule has 0 bridgehead atoms. The monoisotopic (exact) mass is 727 g/mol. The first-order valence-corrected chi connectivity index (χ1v) is 19.1. The number of rotatable bonds is 6. The number of hydrogen-bond acceptors (Lipinski definition) is 4. The molecule has 0 N–H and O–H groups in total. The van der Waals surface area contributed by atoms with Crippen LogP contribution in [0.15, 0.2) is 201 Å². The zero-order chi connectivity index (χ0) is 37.7. The number of benzene rings is 7. The predicted octanol–water partition coefficient (Wildman–Crippen LogP) is 13.0. The van der Waals surface area contributed by atoms with Crippen LogP contribution in [-0.2, 0) is 0 Å². The van der Waals surface area contributed by atoms with Crippen LogP contribution in [0.25, 0.3) is 105 Å². The van der Waals surface area contributed by atoms with Gasteiger partial charge in [0.05, 0.1) is 27.6 Å². The Morgan fingerprint density at radius 2 is 0.667 bits per heavy atom. The van der Waals surface area contributed by atoms with Gasteiger partial charge in [-0.25, -0.2) is 4.98 Å². The van der Waals surface area contributed by atoms with E-state index in [0.29, 0.717) is 0 Å². The predicted molar refractivity (Wildman–Crippen MR) is 234 cm³/mol. The highest BCUT2D eigenvalue weighted by Crippen LogP contribution is 2.39. The van der Waals surface area contributed by atoms with Crippen LogP contribution in [0, 0.1) is 0 Å². The van der Waals surface area contributed by atoms with Crippen molar-refractivity contribution in [2.45, 2.75) is 0 Å². The quantitative estimate of drug-likeness (QED) is 0.171. The lowest BCUT2D eigenvalue weighted by Gasteiger charge is -2.16. The second kappa shape index (κ2) is 13.5. The van der Waals surface area contributed by atoms with E-state index < -0.39 is 0 Å². The second-order valence-corrected chi connectivity index (χ2v) is 14.4. The van der Waals surface area contributed by atoms with Crippen molar-refractivity contribution in [1.29, 1.82) is 0 Å². The van der Waals surface area contributed by atoms with Crippen molar-refractivity contribution in [3.63, 3.8) is 0 Å². The molecule has 0 amide bonds. The molecule has 0 radical (unpaired) electrons. The molecule has 0 saturated carbocycles. The molecule has 0 fully saturated rings. The Balaban J connectivity index is 1.17. The molecule has 0 saturated heterocycles. The van der Waals surface area contributed by atoms with Gasteiger partial charge in [0, 0.05) is 62.7 Å². The van der Waals surface area contributed by atoms with Crippen LogP contribution < -0.4 is 0 Å². The van der Waals surface area contributed by atoms with Gasteiger partial charge < -0.3 is 0 Å². The summed E-state index contributed by atoms with van der Waals surface area (Å²) in [5, 5.41) is 3.29. The van der Waals surface area contributed by atoms with Crippen LogP contribution in [0.3, 0.4) is 0 Å². The van der Waals surface area contributed by atoms with Crippen molar-refractivity contribution in [3.05, 3.63) is 201 Å². The number of fused-ring (bicyclic) bond motifs is 4. The first kappa shape index (κ1) is 32.7. The molecule has 4 aromatic heterocycles. The fourth-order valence-electron chi connectivity index (χ4n) is 7.96. The van der Waals surface area contributed by atoms with Crippen LogP contribution in [0.4, 0.5) is 0 Å². The minimum absolute atomic E-state index is 0.869. The molecule has 57 heavy (non-hydrogen) atoms. The Labute approximate surface area is 329 Å². The Kier molecular flexibility index (Phi) is 7.74. The number of pyridine rings is 3. The summed E-state index contributed by atoms with van der Waals surface area (Å²) in [6, 6.07) is 64.0. The Bertz CT molecular complexity index is 3210. The Morgan fingerprint density at radius 1 is 0.298 bits per heavy atom. The third-order valence-corrected chi connectivity index (χ3v) is 10.8. The molecule has 0 spiro atoms. The average Bonchev–Trinajstić information content (AvgIpc) is 3.68. The average molecular weight is 728 g/mol. The number of para-hydroxylation sites is 6. The van der Waals surface area contributed by atoms with E-state index in [0.717, 1.165) is 105 Å². The van der Waals surface area contributed by atoms with Gasteiger partial charge in [-0.2, -0.15) is 0 Å². The summed E-state index contributed by atoms with van der Waals surface area (Å²) in [6.45, 7) is 0. The molecular weight excluding hydrogens is 695 g/mol. The lowest BCUT2D eigenvalue weighted by Crippen LogP contribution is -1.98. The summed E-state index contributed by atoms with van der Waals surface area (Å²) >= 11 is 0. The molecule has 7 aromatic carbocycles. The van der Waals surface area contributed by atoms with Crippen molar-refractivity contribution < 1.29 is 0 Å². The van der Waals surface area contributed by atoms with Crippen molar-refractivity contribution in [1.82, 2.24) is 24.5 Å². The van der Waals surface area contributed by atoms with Crippen molar-refractivity contribution in [2.24, 2.45) is 0 Å². The highest BCUT2D eigenvalue weighted by Gasteiger charge is 2.18. The summed E-state index contributed by atoms with van der Waals surface area (Å²) in [5.74, 6) is 0.869. The largest absolute Gasteiger partial charge is 0.292 e. The summed E-state index contributed by atoms with van der Waals surface area (Å²) in [4.78, 5) is 19.9. The Morgan fingerprint density at radius 3 is 1.14 bits per heavy atom. The van der Waals surface area contributed by atoms with Gasteiger partial charge in [0.2, 0.25) is 0 Å². The smallest absolute Gasteiger partial charge is 0.145 e. The van der Waals surface area contributed by atoms with Crippen LogP contribution in [0.2, 0.25) is 0 Å². The summed E-state index contributed by atoms with van der Waals surface area (Å²) in [7, 11) is 0.